The summed E-state index contributed by atoms with van der Waals surface area (Å²) in [5, 5.41) is 0.783. The average Bonchev–Trinajstić information content (AvgIpc) is 2.74. The summed E-state index contributed by atoms with van der Waals surface area (Å²) in [5.74, 6) is 0.420. The molecule has 7 nitrogen and oxygen atoms in total. The summed E-state index contributed by atoms with van der Waals surface area (Å²) < 4.78 is 0. The minimum atomic E-state index is 0.180. The number of piperidine rings is 1. The Morgan fingerprint density at radius 2 is 1.45 bits per heavy atom. The van der Waals surface area contributed by atoms with E-state index in [0.29, 0.717) is 32.5 Å². The van der Waals surface area contributed by atoms with Crippen LogP contribution in [-0.4, -0.2) is 88.6 Å². The fourth-order valence-corrected chi connectivity index (χ4v) is 4.60. The second kappa shape index (κ2) is 10.4. The van der Waals surface area contributed by atoms with E-state index < -0.39 is 0 Å². The van der Waals surface area contributed by atoms with Crippen molar-refractivity contribution in [1.29, 1.82) is 0 Å². The van der Waals surface area contributed by atoms with Gasteiger partial charge in [0, 0.05) is 57.1 Å². The van der Waals surface area contributed by atoms with Crippen LogP contribution in [0.4, 0.5) is 0 Å². The van der Waals surface area contributed by atoms with E-state index in [-0.39, 0.29) is 11.8 Å². The quantitative estimate of drug-likeness (QED) is 0.518. The zero-order valence-electron chi connectivity index (χ0n) is 17.9. The van der Waals surface area contributed by atoms with Gasteiger partial charge >= 0.3 is 0 Å². The van der Waals surface area contributed by atoms with Crippen molar-refractivity contribution in [3.05, 3.63) is 17.0 Å². The molecular formula is C21H33N5O2S. The Bertz CT molecular complexity index is 705. The minimum Gasteiger partial charge on any atom is -0.342 e. The zero-order valence-corrected chi connectivity index (χ0v) is 18.8. The smallest absolute Gasteiger partial charge is 0.236 e. The molecule has 2 amide bonds. The molecule has 29 heavy (non-hydrogen) atoms. The summed E-state index contributed by atoms with van der Waals surface area (Å²) in [6.45, 7) is 9.22. The Kier molecular flexibility index (Phi) is 7.89. The molecule has 0 aliphatic carbocycles. The fraction of sp³-hybridized carbons (Fsp3) is 0.714. The fourth-order valence-electron chi connectivity index (χ4n) is 4.14. The number of aromatic nitrogens is 2. The van der Waals surface area contributed by atoms with E-state index in [2.05, 4.69) is 14.9 Å². The molecule has 0 unspecified atom stereocenters. The molecule has 2 saturated heterocycles. The molecule has 2 fully saturated rings. The Morgan fingerprint density at radius 1 is 0.862 bits per heavy atom. The second-order valence-electron chi connectivity index (χ2n) is 7.96. The highest BCUT2D eigenvalue weighted by molar-refractivity contribution is 7.98. The monoisotopic (exact) mass is 419 g/mol. The molecular weight excluding hydrogens is 386 g/mol. The van der Waals surface area contributed by atoms with E-state index in [4.69, 9.17) is 0 Å². The summed E-state index contributed by atoms with van der Waals surface area (Å²) in [6.07, 6.45) is 6.61. The van der Waals surface area contributed by atoms with E-state index in [9.17, 15) is 9.59 Å². The van der Waals surface area contributed by atoms with Crippen LogP contribution in [-0.2, 0) is 16.0 Å². The van der Waals surface area contributed by atoms with Crippen molar-refractivity contribution >= 4 is 23.6 Å². The predicted octanol–water partition coefficient (Wildman–Crippen LogP) is 1.90. The maximum absolute atomic E-state index is 12.7. The highest BCUT2D eigenvalue weighted by Crippen LogP contribution is 2.18. The number of amides is 2. The van der Waals surface area contributed by atoms with Crippen LogP contribution in [0.1, 0.15) is 42.6 Å². The molecule has 0 radical (unpaired) electrons. The molecule has 1 aromatic heterocycles. The van der Waals surface area contributed by atoms with Crippen LogP contribution >= 0.6 is 11.8 Å². The number of piperazine rings is 1. The van der Waals surface area contributed by atoms with Crippen LogP contribution < -0.4 is 0 Å². The van der Waals surface area contributed by atoms with E-state index in [1.807, 2.05) is 29.9 Å². The number of aryl methyl sites for hydroxylation is 2. The molecule has 1 aromatic rings. The first kappa shape index (κ1) is 22.0. The van der Waals surface area contributed by atoms with Gasteiger partial charge in [-0.05, 0) is 51.3 Å². The molecule has 8 heteroatoms. The standard InChI is InChI=1S/C21H33N5O2S/c1-16-18(17(2)23-21(22-16)29-3)7-8-19(27)26-13-11-24(12-14-26)15-20(28)25-9-5-4-6-10-25/h4-15H2,1-3H3. The molecule has 3 rings (SSSR count). The lowest BCUT2D eigenvalue weighted by atomic mass is 10.1. The lowest BCUT2D eigenvalue weighted by Crippen LogP contribution is -2.52. The maximum Gasteiger partial charge on any atom is 0.236 e. The number of hydrogen-bond donors (Lipinski definition) is 0. The molecule has 0 N–H and O–H groups in total. The molecule has 2 aliphatic rings. The average molecular weight is 420 g/mol. The summed E-state index contributed by atoms with van der Waals surface area (Å²) in [7, 11) is 0. The molecule has 0 aromatic carbocycles. The van der Waals surface area contributed by atoms with Crippen molar-refractivity contribution in [3.63, 3.8) is 0 Å². The number of carbonyl (C=O) groups excluding carboxylic acids is 2. The first-order valence-corrected chi connectivity index (χ1v) is 11.9. The summed E-state index contributed by atoms with van der Waals surface area (Å²) >= 11 is 1.54. The Labute approximate surface area is 178 Å². The van der Waals surface area contributed by atoms with Crippen LogP contribution in [0.15, 0.2) is 5.16 Å². The summed E-state index contributed by atoms with van der Waals surface area (Å²) in [5.41, 5.74) is 3.02. The van der Waals surface area contributed by atoms with Gasteiger partial charge in [-0.1, -0.05) is 11.8 Å². The van der Waals surface area contributed by atoms with Crippen molar-refractivity contribution < 1.29 is 9.59 Å². The largest absolute Gasteiger partial charge is 0.342 e. The van der Waals surface area contributed by atoms with Crippen LogP contribution in [0.2, 0.25) is 0 Å². The highest BCUT2D eigenvalue weighted by atomic mass is 32.2. The van der Waals surface area contributed by atoms with E-state index in [1.165, 1.54) is 18.2 Å². The van der Waals surface area contributed by atoms with Gasteiger partial charge in [-0.25, -0.2) is 9.97 Å². The van der Waals surface area contributed by atoms with E-state index in [0.717, 1.165) is 61.1 Å². The lowest BCUT2D eigenvalue weighted by Gasteiger charge is -2.36. The van der Waals surface area contributed by atoms with Gasteiger partial charge in [0.1, 0.15) is 0 Å². The summed E-state index contributed by atoms with van der Waals surface area (Å²) in [6, 6.07) is 0. The molecule has 0 atom stereocenters. The van der Waals surface area contributed by atoms with Gasteiger partial charge in [-0.15, -0.1) is 0 Å². The molecule has 0 spiro atoms. The number of rotatable bonds is 6. The molecule has 0 bridgehead atoms. The molecule has 2 aliphatic heterocycles. The summed E-state index contributed by atoms with van der Waals surface area (Å²) in [4.78, 5) is 40.2. The number of nitrogens with zero attached hydrogens (tertiary/aromatic N) is 5. The third-order valence-corrected chi connectivity index (χ3v) is 6.51. The first-order valence-electron chi connectivity index (χ1n) is 10.6. The predicted molar refractivity (Wildman–Crippen MR) is 115 cm³/mol. The number of thioether (sulfide) groups is 1. The van der Waals surface area contributed by atoms with Gasteiger partial charge in [0.15, 0.2) is 5.16 Å². The number of carbonyl (C=O) groups is 2. The normalized spacial score (nSPS) is 18.2. The van der Waals surface area contributed by atoms with Crippen LogP contribution in [0.3, 0.4) is 0 Å². The number of hydrogen-bond acceptors (Lipinski definition) is 6. The second-order valence-corrected chi connectivity index (χ2v) is 8.73. The Hall–Kier alpha value is -1.67. The van der Waals surface area contributed by atoms with Gasteiger partial charge in [-0.3, -0.25) is 14.5 Å². The van der Waals surface area contributed by atoms with Gasteiger partial charge in [0.25, 0.3) is 0 Å². The Balaban J connectivity index is 1.44. The minimum absolute atomic E-state index is 0.180. The third-order valence-electron chi connectivity index (χ3n) is 5.96. The van der Waals surface area contributed by atoms with Gasteiger partial charge in [0.2, 0.25) is 11.8 Å². The van der Waals surface area contributed by atoms with E-state index >= 15 is 0 Å². The van der Waals surface area contributed by atoms with Crippen LogP contribution in [0.5, 0.6) is 0 Å². The third kappa shape index (κ3) is 5.92. The van der Waals surface area contributed by atoms with Crippen molar-refractivity contribution in [2.75, 3.05) is 52.1 Å². The molecule has 3 heterocycles. The van der Waals surface area contributed by atoms with Crippen molar-refractivity contribution in [3.8, 4) is 0 Å². The van der Waals surface area contributed by atoms with Crippen molar-refractivity contribution in [1.82, 2.24) is 24.7 Å². The highest BCUT2D eigenvalue weighted by Gasteiger charge is 2.25. The van der Waals surface area contributed by atoms with Crippen molar-refractivity contribution in [2.24, 2.45) is 0 Å². The SMILES string of the molecule is CSc1nc(C)c(CCC(=O)N2CCN(CC(=O)N3CCCCC3)CC2)c(C)n1. The van der Waals surface area contributed by atoms with Gasteiger partial charge < -0.3 is 9.80 Å². The topological polar surface area (TPSA) is 69.6 Å². The van der Waals surface area contributed by atoms with Crippen molar-refractivity contribution in [2.45, 2.75) is 51.1 Å². The molecule has 160 valence electrons. The zero-order chi connectivity index (χ0) is 20.8. The first-order chi connectivity index (χ1) is 14.0. The van der Waals surface area contributed by atoms with Gasteiger partial charge in [0.05, 0.1) is 6.54 Å². The molecule has 0 saturated carbocycles. The van der Waals surface area contributed by atoms with Crippen LogP contribution in [0.25, 0.3) is 0 Å². The number of likely N-dealkylation sites (tertiary alicyclic amines) is 1. The lowest BCUT2D eigenvalue weighted by molar-refractivity contribution is -0.135. The maximum atomic E-state index is 12.7. The Morgan fingerprint density at radius 3 is 2.03 bits per heavy atom. The van der Waals surface area contributed by atoms with Crippen LogP contribution in [0, 0.1) is 13.8 Å². The van der Waals surface area contributed by atoms with Gasteiger partial charge in [-0.2, -0.15) is 0 Å². The van der Waals surface area contributed by atoms with E-state index in [1.54, 1.807) is 0 Å².